The first-order chi connectivity index (χ1) is 32.9. The summed E-state index contributed by atoms with van der Waals surface area (Å²) in [5, 5.41) is 32.0. The van der Waals surface area contributed by atoms with E-state index in [-0.39, 0.29) is 84.5 Å². The fourth-order valence-electron chi connectivity index (χ4n) is 13.4. The molecule has 0 aromatic carbocycles. The van der Waals surface area contributed by atoms with Crippen molar-refractivity contribution < 1.29 is 77.0 Å². The van der Waals surface area contributed by atoms with Gasteiger partial charge in [-0.25, -0.2) is 0 Å². The molecular weight excluding hydrogens is 905 g/mol. The van der Waals surface area contributed by atoms with Gasteiger partial charge >= 0.3 is 5.97 Å². The minimum absolute atomic E-state index is 0.00713. The van der Waals surface area contributed by atoms with Crippen molar-refractivity contribution >= 4 is 11.8 Å². The van der Waals surface area contributed by atoms with Gasteiger partial charge in [0, 0.05) is 81.3 Å². The monoisotopic (exact) mass is 995 g/mol. The maximum absolute atomic E-state index is 13.6. The summed E-state index contributed by atoms with van der Waals surface area (Å²) in [7, 11) is 3.40. The quantitative estimate of drug-likeness (QED) is 0.127. The van der Waals surface area contributed by atoms with E-state index in [1.54, 1.807) is 35.0 Å². The molecule has 7 rings (SSSR count). The summed E-state index contributed by atoms with van der Waals surface area (Å²) in [4.78, 5) is 25.2. The minimum Gasteiger partial charge on any atom is -0.481 e. The molecule has 7 aliphatic rings. The Morgan fingerprint density at radius 3 is 1.96 bits per heavy atom. The second-order valence-corrected chi connectivity index (χ2v) is 23.2. The highest BCUT2D eigenvalue weighted by molar-refractivity contribution is 5.96. The number of ketones is 1. The molecule has 16 nitrogen and oxygen atoms in total. The summed E-state index contributed by atoms with van der Waals surface area (Å²) in [6, 6.07) is 0. The molecule has 0 aliphatic carbocycles. The van der Waals surface area contributed by atoms with Crippen LogP contribution in [0.1, 0.15) is 154 Å². The Labute approximate surface area is 417 Å². The van der Waals surface area contributed by atoms with Crippen molar-refractivity contribution in [3.05, 3.63) is 11.6 Å². The smallest absolute Gasteiger partial charge is 0.306 e. The predicted octanol–water partition coefficient (Wildman–Crippen LogP) is 7.71. The lowest BCUT2D eigenvalue weighted by atomic mass is 9.77. The molecule has 0 aromatic rings. The second-order valence-electron chi connectivity index (χ2n) is 23.2. The molecule has 70 heavy (non-hydrogen) atoms. The van der Waals surface area contributed by atoms with E-state index in [1.165, 1.54) is 0 Å². The van der Waals surface area contributed by atoms with Crippen molar-refractivity contribution in [1.82, 2.24) is 0 Å². The molecule has 1 unspecified atom stereocenters. The van der Waals surface area contributed by atoms with Crippen LogP contribution in [-0.2, 0) is 61.7 Å². The fraction of sp³-hybridized carbons (Fsp3) is 0.926. The Balaban J connectivity index is 1.10. The van der Waals surface area contributed by atoms with Crippen molar-refractivity contribution in [3.8, 4) is 0 Å². The molecule has 16 heteroatoms. The molecule has 24 atom stereocenters. The van der Waals surface area contributed by atoms with Crippen LogP contribution < -0.4 is 0 Å². The van der Waals surface area contributed by atoms with E-state index < -0.39 is 84.2 Å². The third-order valence-corrected chi connectivity index (χ3v) is 18.2. The van der Waals surface area contributed by atoms with Crippen molar-refractivity contribution in [2.75, 3.05) is 20.8 Å². The van der Waals surface area contributed by atoms with Crippen LogP contribution in [0.3, 0.4) is 0 Å². The van der Waals surface area contributed by atoms with Gasteiger partial charge in [0.1, 0.15) is 0 Å². The van der Waals surface area contributed by atoms with Crippen LogP contribution >= 0.6 is 0 Å². The Morgan fingerprint density at radius 2 is 1.37 bits per heavy atom. The molecule has 0 bridgehead atoms. The van der Waals surface area contributed by atoms with Gasteiger partial charge in [-0.2, -0.15) is 0 Å². The van der Waals surface area contributed by atoms with Crippen LogP contribution in [-0.4, -0.2) is 144 Å². The van der Waals surface area contributed by atoms with E-state index in [4.69, 9.17) is 52.1 Å². The first-order valence-corrected chi connectivity index (χ1v) is 26.8. The highest BCUT2D eigenvalue weighted by atomic mass is 16.8. The number of ether oxygens (including phenoxy) is 11. The summed E-state index contributed by atoms with van der Waals surface area (Å²) in [6.45, 7) is 23.2. The molecule has 3 N–H and O–H groups in total. The molecule has 0 aromatic heterocycles. The van der Waals surface area contributed by atoms with Gasteiger partial charge in [0.15, 0.2) is 35.7 Å². The van der Waals surface area contributed by atoms with Crippen LogP contribution in [0, 0.1) is 47.3 Å². The topological polar surface area (TPSA) is 196 Å². The number of aliphatic carboxylic acids is 1. The van der Waals surface area contributed by atoms with E-state index in [0.717, 1.165) is 25.7 Å². The maximum atomic E-state index is 13.6. The number of rotatable bonds is 16. The zero-order chi connectivity index (χ0) is 51.2. The number of hydrogen-bond acceptors (Lipinski definition) is 15. The molecule has 0 amide bonds. The molecule has 7 fully saturated rings. The molecule has 0 saturated carbocycles. The average molecular weight is 995 g/mol. The third-order valence-electron chi connectivity index (χ3n) is 18.2. The first kappa shape index (κ1) is 56.1. The number of hydrogen-bond donors (Lipinski definition) is 3. The summed E-state index contributed by atoms with van der Waals surface area (Å²) in [5.41, 5.74) is -0.186. The van der Waals surface area contributed by atoms with E-state index in [0.29, 0.717) is 44.1 Å². The average Bonchev–Trinajstić information content (AvgIpc) is 3.84. The van der Waals surface area contributed by atoms with Crippen LogP contribution in [0.5, 0.6) is 0 Å². The van der Waals surface area contributed by atoms with Gasteiger partial charge in [0.05, 0.1) is 79.2 Å². The number of carboxylic acids is 1. The van der Waals surface area contributed by atoms with Gasteiger partial charge < -0.3 is 67.4 Å². The van der Waals surface area contributed by atoms with E-state index in [2.05, 4.69) is 41.5 Å². The van der Waals surface area contributed by atoms with E-state index >= 15 is 0 Å². The van der Waals surface area contributed by atoms with Crippen LogP contribution in [0.4, 0.5) is 0 Å². The van der Waals surface area contributed by atoms with Gasteiger partial charge in [0.2, 0.25) is 0 Å². The van der Waals surface area contributed by atoms with Crippen molar-refractivity contribution in [2.24, 2.45) is 47.3 Å². The SMILES string of the molecule is CO[C@H]1CC[C@H](O[C@H]2[C@H](C)[C@@H]([C@H]3C[C@H](C)C4(O3)O[C@@H]([C@]3(C)CC[C@@]5(O[C@H]([C@@H](C)C=C(C)C(=O)[C@H](C)C[C@@H](C)C(=O)O)C[C@@H](O[C@H]6CC[C@H](OC)[C@@H](C)O6)[C@H]5C)O3)CC[C@H]4C)O[C@@](O)(CO)[C@H]2C)O[C@@H]1C. The van der Waals surface area contributed by atoms with Gasteiger partial charge in [0.25, 0.3) is 0 Å². The zero-order valence-electron chi connectivity index (χ0n) is 44.8. The minimum atomic E-state index is -1.86. The lowest BCUT2D eigenvalue weighted by molar-refractivity contribution is -0.389. The van der Waals surface area contributed by atoms with Gasteiger partial charge in [-0.1, -0.05) is 61.5 Å². The normalized spacial score (nSPS) is 48.4. The molecule has 0 radical (unpaired) electrons. The standard InChI is InChI=1S/C54H90O16/c1-28(23-29(2)47(56)30(3)24-31(4)50(57)58)41-26-42(64-45-19-16-39(60-13)37(10)62-45)35(8)53(66-41)22-21-51(12,70-53)44-18-15-32(5)54(68-44)33(6)25-43(67-54)49-34(7)48(36(9)52(59,27-55)69-49)65-46-20-17-40(61-14)38(11)63-46/h23,28,30-46,48-49,55,59H,15-22,24-27H2,1-14H3,(H,57,58)/t28-,30+,31+,32+,33-,34-,35+,36-,37+,38+,39-,40-,41-,42+,43+,44+,45-,46-,48-,49-,51-,52-,53+,54?/m0/s1. The molecule has 2 spiro atoms. The predicted molar refractivity (Wildman–Crippen MR) is 257 cm³/mol. The fourth-order valence-corrected chi connectivity index (χ4v) is 13.4. The molecule has 7 heterocycles. The van der Waals surface area contributed by atoms with E-state index in [9.17, 15) is 24.9 Å². The number of aliphatic hydroxyl groups excluding tert-OH is 1. The van der Waals surface area contributed by atoms with Crippen molar-refractivity contribution in [2.45, 2.75) is 250 Å². The van der Waals surface area contributed by atoms with Gasteiger partial charge in [-0.05, 0) is 78.2 Å². The summed E-state index contributed by atoms with van der Waals surface area (Å²) >= 11 is 0. The highest BCUT2D eigenvalue weighted by Crippen LogP contribution is 2.57. The number of aliphatic hydroxyl groups is 2. The van der Waals surface area contributed by atoms with Crippen LogP contribution in [0.25, 0.3) is 0 Å². The Bertz CT molecular complexity index is 1820. The summed E-state index contributed by atoms with van der Waals surface area (Å²) in [6.07, 6.45) is 5.34. The molecule has 402 valence electrons. The number of carbonyl (C=O) groups excluding carboxylic acids is 1. The number of Topliss-reactive ketones (excluding diaryl/α,β-unsaturated/α-hetero) is 1. The van der Waals surface area contributed by atoms with Crippen molar-refractivity contribution in [3.63, 3.8) is 0 Å². The Morgan fingerprint density at radius 1 is 0.743 bits per heavy atom. The zero-order valence-corrected chi connectivity index (χ0v) is 44.8. The first-order valence-electron chi connectivity index (χ1n) is 26.8. The second kappa shape index (κ2) is 22.3. The van der Waals surface area contributed by atoms with Crippen LogP contribution in [0.2, 0.25) is 0 Å². The molecular formula is C54H90O16. The maximum Gasteiger partial charge on any atom is 0.306 e. The number of carbonyl (C=O) groups is 2. The Hall–Kier alpha value is -1.64. The van der Waals surface area contributed by atoms with Crippen molar-refractivity contribution in [1.29, 1.82) is 0 Å². The largest absolute Gasteiger partial charge is 0.481 e. The number of allylic oxidation sites excluding steroid dienone is 1. The van der Waals surface area contributed by atoms with E-state index in [1.807, 2.05) is 26.8 Å². The van der Waals surface area contributed by atoms with Gasteiger partial charge in [-0.15, -0.1) is 0 Å². The lowest BCUT2D eigenvalue weighted by Crippen LogP contribution is -2.63. The molecule has 7 saturated heterocycles. The number of methoxy groups -OCH3 is 2. The Kier molecular flexibility index (Phi) is 17.9. The molecule has 7 aliphatic heterocycles. The lowest BCUT2D eigenvalue weighted by Gasteiger charge is -2.53. The summed E-state index contributed by atoms with van der Waals surface area (Å²) in [5.74, 6) is -7.12. The summed E-state index contributed by atoms with van der Waals surface area (Å²) < 4.78 is 73.3. The third kappa shape index (κ3) is 11.2. The van der Waals surface area contributed by atoms with Crippen LogP contribution in [0.15, 0.2) is 11.6 Å². The number of carboxylic acid groups (broad SMARTS) is 1. The highest BCUT2D eigenvalue weighted by Gasteiger charge is 2.65. The van der Waals surface area contributed by atoms with Gasteiger partial charge in [-0.3, -0.25) is 9.59 Å².